The number of benzene rings is 2. The fraction of sp³-hybridized carbons (Fsp3) is 0.417. The van der Waals surface area contributed by atoms with Crippen LogP contribution in [0, 0.1) is 0 Å². The normalized spacial score (nSPS) is 12.1. The molecule has 0 unspecified atom stereocenters. The zero-order valence-corrected chi connectivity index (χ0v) is 20.4. The predicted octanol–water partition coefficient (Wildman–Crippen LogP) is 2.80. The molecular weight excluding hydrogens is 451 g/mol. The lowest BCUT2D eigenvalue weighted by atomic mass is 9.97. The van der Waals surface area contributed by atoms with Crippen LogP contribution in [0.3, 0.4) is 0 Å². The van der Waals surface area contributed by atoms with E-state index in [2.05, 4.69) is 25.6 Å². The summed E-state index contributed by atoms with van der Waals surface area (Å²) in [4.78, 5) is 39.9. The molecule has 0 spiro atoms. The van der Waals surface area contributed by atoms with Crippen LogP contribution in [-0.2, 0) is 14.2 Å². The molecule has 1 atom stereocenters. The fourth-order valence-corrected chi connectivity index (χ4v) is 3.01. The molecule has 0 aliphatic carbocycles. The third kappa shape index (κ3) is 9.95. The van der Waals surface area contributed by atoms with E-state index >= 15 is 0 Å². The lowest BCUT2D eigenvalue weighted by Gasteiger charge is -2.20. The Morgan fingerprint density at radius 3 is 2.34 bits per heavy atom. The summed E-state index contributed by atoms with van der Waals surface area (Å²) in [6.07, 6.45) is -0.0443. The number of hydrogen-bond acceptors (Lipinski definition) is 7. The molecule has 0 aliphatic heterocycles. The maximum atomic E-state index is 12.5. The fourth-order valence-electron chi connectivity index (χ4n) is 3.01. The van der Waals surface area contributed by atoms with E-state index in [0.717, 1.165) is 22.7 Å². The monoisotopic (exact) mass is 482 g/mol. The van der Waals surface area contributed by atoms with E-state index in [1.165, 1.54) is 0 Å². The van der Waals surface area contributed by atoms with E-state index in [1.807, 2.05) is 31.2 Å². The molecule has 3 amide bonds. The van der Waals surface area contributed by atoms with Crippen LogP contribution in [0.1, 0.15) is 39.2 Å². The largest absolute Gasteiger partial charge is 0.560 e. The van der Waals surface area contributed by atoms with Gasteiger partial charge in [0.15, 0.2) is 0 Å². The highest BCUT2D eigenvalue weighted by molar-refractivity contribution is 6.02. The van der Waals surface area contributed by atoms with Gasteiger partial charge in [-0.15, -0.1) is 0 Å². The zero-order valence-electron chi connectivity index (χ0n) is 20.4. The van der Waals surface area contributed by atoms with Gasteiger partial charge >= 0.3 is 20.2 Å². The molecule has 0 saturated heterocycles. The van der Waals surface area contributed by atoms with Crippen LogP contribution in [0.5, 0.6) is 5.75 Å². The Morgan fingerprint density at radius 1 is 0.971 bits per heavy atom. The molecule has 2 aromatic rings. The first-order valence-electron chi connectivity index (χ1n) is 11.2. The third-order valence-corrected chi connectivity index (χ3v) is 4.68. The molecule has 0 aromatic heterocycles. The molecule has 0 fully saturated rings. The summed E-state index contributed by atoms with van der Waals surface area (Å²) in [5.41, 5.74) is 0.261. The van der Waals surface area contributed by atoms with Crippen molar-refractivity contribution >= 4 is 43.3 Å². The number of alkyl carbamates (subject to hydrolysis) is 1. The Hall–Kier alpha value is -3.76. The molecule has 2 rings (SSSR count). The average Bonchev–Trinajstić information content (AvgIpc) is 2.79. The summed E-state index contributed by atoms with van der Waals surface area (Å²) in [7, 11) is 4.81. The average molecular weight is 482 g/mol. The number of fused-ring (bicyclic) bond motifs is 1. The van der Waals surface area contributed by atoms with E-state index in [1.54, 1.807) is 32.9 Å². The summed E-state index contributed by atoms with van der Waals surface area (Å²) in [6, 6.07) is 10.9. The van der Waals surface area contributed by atoms with Gasteiger partial charge < -0.3 is 30.1 Å². The van der Waals surface area contributed by atoms with Gasteiger partial charge in [0.05, 0.1) is 12.5 Å². The maximum absolute atomic E-state index is 12.5. The minimum Gasteiger partial charge on any atom is -0.560 e. The van der Waals surface area contributed by atoms with Gasteiger partial charge in [0.1, 0.15) is 17.8 Å². The predicted molar refractivity (Wildman–Crippen MR) is 134 cm³/mol. The second-order valence-corrected chi connectivity index (χ2v) is 8.67. The van der Waals surface area contributed by atoms with Crippen molar-refractivity contribution in [3.8, 4) is 5.75 Å². The number of amides is 3. The van der Waals surface area contributed by atoms with Gasteiger partial charge in [-0.2, -0.15) is 0 Å². The molecule has 11 heteroatoms. The van der Waals surface area contributed by atoms with Crippen molar-refractivity contribution in [1.29, 1.82) is 0 Å². The SMILES string of the molecule is [B]OC=NCCNC(=O)Oc1ccc2cc([C@@H](C)C(=O)NCCNC(=O)OC(C)(C)C)ccc2c1. The number of ether oxygens (including phenoxy) is 2. The number of aliphatic imine (C=N–C) groups is 1. The van der Waals surface area contributed by atoms with E-state index < -0.39 is 23.7 Å². The summed E-state index contributed by atoms with van der Waals surface area (Å²) < 4.78 is 14.6. The Labute approximate surface area is 206 Å². The number of rotatable bonds is 10. The Kier molecular flexibility index (Phi) is 10.4. The van der Waals surface area contributed by atoms with Crippen molar-refractivity contribution in [3.63, 3.8) is 0 Å². The number of carbonyl (C=O) groups is 3. The lowest BCUT2D eigenvalue weighted by molar-refractivity contribution is -0.122. The third-order valence-electron chi connectivity index (χ3n) is 4.68. The lowest BCUT2D eigenvalue weighted by Crippen LogP contribution is -2.38. The first kappa shape index (κ1) is 27.5. The van der Waals surface area contributed by atoms with Crippen LogP contribution in [0.2, 0.25) is 0 Å². The van der Waals surface area contributed by atoms with Gasteiger partial charge in [0.2, 0.25) is 5.91 Å². The highest BCUT2D eigenvalue weighted by Crippen LogP contribution is 2.25. The summed E-state index contributed by atoms with van der Waals surface area (Å²) >= 11 is 0. The van der Waals surface area contributed by atoms with Gasteiger partial charge in [-0.3, -0.25) is 9.79 Å². The second-order valence-electron chi connectivity index (χ2n) is 8.67. The van der Waals surface area contributed by atoms with Gasteiger partial charge in [0.25, 0.3) is 0 Å². The molecule has 0 bridgehead atoms. The van der Waals surface area contributed by atoms with E-state index in [-0.39, 0.29) is 25.5 Å². The second kappa shape index (κ2) is 13.2. The minimum atomic E-state index is -0.601. The molecule has 2 aromatic carbocycles. The summed E-state index contributed by atoms with van der Waals surface area (Å²) in [5, 5.41) is 9.74. The number of carbonyl (C=O) groups excluding carboxylic acids is 3. The summed E-state index contributed by atoms with van der Waals surface area (Å²) in [5.74, 6) is -0.163. The minimum absolute atomic E-state index is 0.158. The van der Waals surface area contributed by atoms with Gasteiger partial charge in [0, 0.05) is 19.6 Å². The molecule has 10 nitrogen and oxygen atoms in total. The molecular formula is C24H31BN4O6. The van der Waals surface area contributed by atoms with Crippen LogP contribution in [0.25, 0.3) is 10.8 Å². The zero-order chi connectivity index (χ0) is 25.8. The van der Waals surface area contributed by atoms with Crippen molar-refractivity contribution in [2.45, 2.75) is 39.2 Å². The molecule has 3 N–H and O–H groups in total. The molecule has 0 heterocycles. The van der Waals surface area contributed by atoms with Crippen molar-refractivity contribution in [3.05, 3.63) is 42.0 Å². The standard InChI is InChI=1S/C24H31BN4O6/c1-16(21(30)27-11-12-29-23(32)35-24(2,3)4)17-5-6-19-14-20(8-7-18(19)13-17)34-22(31)28-10-9-26-15-33-25/h5-8,13-16H,9-12H2,1-4H3,(H,27,30)(H,28,31)(H,29,32)/t16-/m1/s1. The summed E-state index contributed by atoms with van der Waals surface area (Å²) in [6.45, 7) is 8.27. The van der Waals surface area contributed by atoms with Gasteiger partial charge in [-0.05, 0) is 56.2 Å². The van der Waals surface area contributed by atoms with Crippen LogP contribution in [0.4, 0.5) is 9.59 Å². The van der Waals surface area contributed by atoms with Gasteiger partial charge in [-0.25, -0.2) is 9.59 Å². The molecule has 0 saturated carbocycles. The first-order chi connectivity index (χ1) is 16.6. The van der Waals surface area contributed by atoms with Crippen molar-refractivity contribution < 1.29 is 28.5 Å². The van der Waals surface area contributed by atoms with E-state index in [9.17, 15) is 14.4 Å². The van der Waals surface area contributed by atoms with Crippen LogP contribution < -0.4 is 20.7 Å². The molecule has 2 radical (unpaired) electrons. The first-order valence-corrected chi connectivity index (χ1v) is 11.2. The highest BCUT2D eigenvalue weighted by atomic mass is 16.6. The van der Waals surface area contributed by atoms with Crippen LogP contribution >= 0.6 is 0 Å². The van der Waals surface area contributed by atoms with Crippen molar-refractivity contribution in [1.82, 2.24) is 16.0 Å². The molecule has 186 valence electrons. The number of nitrogens with zero attached hydrogens (tertiary/aromatic N) is 1. The number of hydrogen-bond donors (Lipinski definition) is 3. The van der Waals surface area contributed by atoms with Crippen molar-refractivity contribution in [2.24, 2.45) is 4.99 Å². The van der Waals surface area contributed by atoms with Crippen LogP contribution in [0.15, 0.2) is 41.4 Å². The van der Waals surface area contributed by atoms with E-state index in [0.29, 0.717) is 12.3 Å². The number of nitrogens with one attached hydrogen (secondary N) is 3. The van der Waals surface area contributed by atoms with Crippen molar-refractivity contribution in [2.75, 3.05) is 26.2 Å². The highest BCUT2D eigenvalue weighted by Gasteiger charge is 2.17. The van der Waals surface area contributed by atoms with Gasteiger partial charge in [-0.1, -0.05) is 24.3 Å². The van der Waals surface area contributed by atoms with Crippen LogP contribution in [-0.4, -0.2) is 64.3 Å². The quantitative estimate of drug-likeness (QED) is 0.207. The van der Waals surface area contributed by atoms with E-state index in [4.69, 9.17) is 17.5 Å². The Bertz CT molecular complexity index is 1050. The molecule has 35 heavy (non-hydrogen) atoms. The molecule has 0 aliphatic rings. The smallest absolute Gasteiger partial charge is 0.412 e. The Morgan fingerprint density at radius 2 is 1.63 bits per heavy atom. The maximum Gasteiger partial charge on any atom is 0.412 e. The Balaban J connectivity index is 1.86. The topological polar surface area (TPSA) is 127 Å².